The van der Waals surface area contributed by atoms with Crippen LogP contribution in [0.3, 0.4) is 0 Å². The molecule has 0 spiro atoms. The largest absolute Gasteiger partial charge is 0.444 e. The van der Waals surface area contributed by atoms with Gasteiger partial charge in [0.15, 0.2) is 5.78 Å². The Morgan fingerprint density at radius 1 is 1.04 bits per heavy atom. The Hall–Kier alpha value is -1.88. The highest BCUT2D eigenvalue weighted by molar-refractivity contribution is 7.54. The van der Waals surface area contributed by atoms with Gasteiger partial charge in [0.1, 0.15) is 5.60 Å². The third-order valence-electron chi connectivity index (χ3n) is 3.71. The van der Waals surface area contributed by atoms with Crippen molar-refractivity contribution in [3.63, 3.8) is 0 Å². The summed E-state index contributed by atoms with van der Waals surface area (Å²) in [5, 5.41) is 4.54. The Balaban J connectivity index is 2.54. The summed E-state index contributed by atoms with van der Waals surface area (Å²) in [5.41, 5.74) is -0.0292. The molecule has 0 aliphatic heterocycles. The molecule has 2 aromatic carbocycles. The molecule has 6 nitrogen and oxygen atoms in total. The van der Waals surface area contributed by atoms with E-state index < -0.39 is 25.1 Å². The van der Waals surface area contributed by atoms with Crippen LogP contribution in [0.2, 0.25) is 0 Å². The van der Waals surface area contributed by atoms with Crippen molar-refractivity contribution in [3.05, 3.63) is 48.0 Å². The van der Waals surface area contributed by atoms with Crippen molar-refractivity contribution in [1.29, 1.82) is 0 Å². The van der Waals surface area contributed by atoms with Gasteiger partial charge in [-0.2, -0.15) is 0 Å². The Bertz CT molecular complexity index is 815. The summed E-state index contributed by atoms with van der Waals surface area (Å²) >= 11 is 0. The topological polar surface area (TPSA) is 73.9 Å². The zero-order valence-corrected chi connectivity index (χ0v) is 17.4. The number of fused-ring (bicyclic) bond motifs is 1. The zero-order valence-electron chi connectivity index (χ0n) is 16.5. The summed E-state index contributed by atoms with van der Waals surface area (Å²) in [7, 11) is -3.69. The van der Waals surface area contributed by atoms with E-state index in [0.717, 1.165) is 10.8 Å². The first kappa shape index (κ1) is 21.4. The number of hydrogen-bond acceptors (Lipinski definition) is 5. The highest BCUT2D eigenvalue weighted by Gasteiger charge is 2.39. The van der Waals surface area contributed by atoms with Gasteiger partial charge in [-0.15, -0.1) is 0 Å². The summed E-state index contributed by atoms with van der Waals surface area (Å²) in [6.45, 7) is 9.15. The van der Waals surface area contributed by atoms with Gasteiger partial charge in [-0.05, 0) is 51.0 Å². The molecule has 1 N–H and O–H groups in total. The van der Waals surface area contributed by atoms with Crippen LogP contribution in [0, 0.1) is 0 Å². The lowest BCUT2D eigenvalue weighted by molar-refractivity contribution is 0.0508. The fourth-order valence-corrected chi connectivity index (χ4v) is 4.70. The summed E-state index contributed by atoms with van der Waals surface area (Å²) < 4.78 is 30.0. The molecule has 1 amide bonds. The van der Waals surface area contributed by atoms with Crippen molar-refractivity contribution < 1.29 is 23.1 Å². The molecule has 0 radical (unpaired) electrons. The van der Waals surface area contributed by atoms with Gasteiger partial charge in [0.2, 0.25) is 0 Å². The average Bonchev–Trinajstić information content (AvgIpc) is 2.58. The second kappa shape index (κ2) is 8.87. The normalized spacial score (nSPS) is 13.4. The zero-order chi connectivity index (χ0) is 20.1. The Labute approximate surface area is 160 Å². The van der Waals surface area contributed by atoms with Crippen LogP contribution in [0.1, 0.15) is 46.0 Å². The van der Waals surface area contributed by atoms with Crippen molar-refractivity contribution in [2.75, 3.05) is 13.2 Å². The molecule has 0 aliphatic carbocycles. The summed E-state index contributed by atoms with van der Waals surface area (Å²) in [5.74, 6) is -0.988. The van der Waals surface area contributed by atoms with Crippen molar-refractivity contribution in [3.8, 4) is 0 Å². The second-order valence-electron chi connectivity index (χ2n) is 6.99. The predicted molar refractivity (Wildman–Crippen MR) is 107 cm³/mol. The molecule has 1 atom stereocenters. The molecule has 2 rings (SSSR count). The summed E-state index contributed by atoms with van der Waals surface area (Å²) in [6.07, 6.45) is -0.680. The van der Waals surface area contributed by atoms with Crippen molar-refractivity contribution >= 4 is 24.5 Å². The minimum atomic E-state index is -3.69. The van der Waals surface area contributed by atoms with E-state index in [1.54, 1.807) is 34.6 Å². The van der Waals surface area contributed by atoms with Gasteiger partial charge in [0.05, 0.1) is 13.2 Å². The number of carbonyl (C=O) groups is 1. The minimum Gasteiger partial charge on any atom is -0.444 e. The van der Waals surface area contributed by atoms with Gasteiger partial charge >= 0.3 is 13.7 Å². The Morgan fingerprint density at radius 2 is 1.63 bits per heavy atom. The van der Waals surface area contributed by atoms with Crippen LogP contribution in [0.5, 0.6) is 0 Å². The lowest BCUT2D eigenvalue weighted by Crippen LogP contribution is -2.35. The highest BCUT2D eigenvalue weighted by Crippen LogP contribution is 2.60. The first-order valence-corrected chi connectivity index (χ1v) is 10.7. The third-order valence-corrected chi connectivity index (χ3v) is 5.98. The number of rotatable bonds is 7. The quantitative estimate of drug-likeness (QED) is 0.617. The van der Waals surface area contributed by atoms with E-state index in [-0.39, 0.29) is 13.2 Å². The van der Waals surface area contributed by atoms with Gasteiger partial charge in [-0.25, -0.2) is 4.79 Å². The maximum absolute atomic E-state index is 13.5. The highest BCUT2D eigenvalue weighted by atomic mass is 31.2. The number of nitrogens with one attached hydrogen (secondary N) is 1. The fraction of sp³-hybridized carbons (Fsp3) is 0.450. The Kier molecular flexibility index (Phi) is 7.04. The van der Waals surface area contributed by atoms with E-state index in [0.29, 0.717) is 5.56 Å². The van der Waals surface area contributed by atoms with Gasteiger partial charge in [-0.3, -0.25) is 4.57 Å². The van der Waals surface area contributed by atoms with Crippen LogP contribution in [0.4, 0.5) is 4.79 Å². The van der Waals surface area contributed by atoms with Crippen molar-refractivity contribution in [2.24, 2.45) is 0 Å². The molecule has 2 aromatic rings. The maximum Gasteiger partial charge on any atom is 0.408 e. The number of alkyl carbamates (subject to hydrolysis) is 1. The fourth-order valence-electron chi connectivity index (χ4n) is 2.78. The smallest absolute Gasteiger partial charge is 0.408 e. The summed E-state index contributed by atoms with van der Waals surface area (Å²) in [4.78, 5) is 12.5. The molecular weight excluding hydrogens is 365 g/mol. The van der Waals surface area contributed by atoms with Gasteiger partial charge in [0.25, 0.3) is 0 Å². The SMILES string of the molecule is CCOP(=O)(OCC)[C@@H](NC(=O)OC(C)(C)C)c1cccc2ccccc12. The third kappa shape index (κ3) is 5.55. The molecule has 7 heteroatoms. The predicted octanol–water partition coefficient (Wildman–Crippen LogP) is 5.63. The number of benzene rings is 2. The molecule has 0 bridgehead atoms. The molecule has 0 heterocycles. The van der Waals surface area contributed by atoms with Crippen LogP contribution in [0.25, 0.3) is 10.8 Å². The van der Waals surface area contributed by atoms with Crippen LogP contribution in [0.15, 0.2) is 42.5 Å². The Morgan fingerprint density at radius 3 is 2.22 bits per heavy atom. The molecule has 0 saturated carbocycles. The maximum atomic E-state index is 13.5. The second-order valence-corrected chi connectivity index (χ2v) is 9.10. The monoisotopic (exact) mass is 393 g/mol. The van der Waals surface area contributed by atoms with Gasteiger partial charge in [0, 0.05) is 0 Å². The van der Waals surface area contributed by atoms with E-state index in [2.05, 4.69) is 5.32 Å². The van der Waals surface area contributed by atoms with E-state index in [1.165, 1.54) is 0 Å². The summed E-state index contributed by atoms with van der Waals surface area (Å²) in [6, 6.07) is 13.3. The van der Waals surface area contributed by atoms with Crippen LogP contribution in [-0.4, -0.2) is 24.9 Å². The molecule has 27 heavy (non-hydrogen) atoms. The van der Waals surface area contributed by atoms with E-state index >= 15 is 0 Å². The van der Waals surface area contributed by atoms with Gasteiger partial charge in [-0.1, -0.05) is 42.5 Å². The number of carbonyl (C=O) groups excluding carboxylic acids is 1. The van der Waals surface area contributed by atoms with E-state index in [9.17, 15) is 9.36 Å². The van der Waals surface area contributed by atoms with Crippen LogP contribution in [-0.2, 0) is 18.3 Å². The van der Waals surface area contributed by atoms with Crippen LogP contribution < -0.4 is 5.32 Å². The minimum absolute atomic E-state index is 0.189. The van der Waals surface area contributed by atoms with E-state index in [1.807, 2.05) is 42.5 Å². The van der Waals surface area contributed by atoms with Gasteiger partial charge < -0.3 is 19.1 Å². The molecule has 0 unspecified atom stereocenters. The van der Waals surface area contributed by atoms with E-state index in [4.69, 9.17) is 13.8 Å². The first-order chi connectivity index (χ1) is 12.7. The molecule has 0 aliphatic rings. The van der Waals surface area contributed by atoms with Crippen molar-refractivity contribution in [1.82, 2.24) is 5.32 Å². The molecule has 0 fully saturated rings. The number of amides is 1. The molecule has 0 saturated heterocycles. The van der Waals surface area contributed by atoms with Crippen LogP contribution >= 0.6 is 7.60 Å². The molecular formula is C20H28NO5P. The average molecular weight is 393 g/mol. The lowest BCUT2D eigenvalue weighted by Gasteiger charge is -2.29. The first-order valence-electron chi connectivity index (χ1n) is 9.06. The lowest BCUT2D eigenvalue weighted by atomic mass is 10.0. The standard InChI is InChI=1S/C20H28NO5P/c1-6-24-27(23,25-7-2)18(21-19(22)26-20(3,4)5)17-14-10-12-15-11-8-9-13-16(15)17/h8-14,18H,6-7H2,1-5H3,(H,21,22)/t18-/m1/s1. The molecule has 148 valence electrons. The number of hydrogen-bond donors (Lipinski definition) is 1. The van der Waals surface area contributed by atoms with Crippen molar-refractivity contribution in [2.45, 2.75) is 46.0 Å². The number of ether oxygens (including phenoxy) is 1. The molecule has 0 aromatic heterocycles.